The number of carbonyl (C=O) groups is 1. The molecule has 2 fully saturated rings. The van der Waals surface area contributed by atoms with E-state index in [4.69, 9.17) is 0 Å². The molecule has 0 spiro atoms. The van der Waals surface area contributed by atoms with Crippen molar-refractivity contribution in [1.29, 1.82) is 0 Å². The molecule has 4 heteroatoms. The van der Waals surface area contributed by atoms with E-state index in [2.05, 4.69) is 9.88 Å². The monoisotopic (exact) mass is 287 g/mol. The van der Waals surface area contributed by atoms with Crippen LogP contribution in [0.5, 0.6) is 0 Å². The molecule has 4 nitrogen and oxygen atoms in total. The van der Waals surface area contributed by atoms with Crippen molar-refractivity contribution in [1.82, 2.24) is 9.88 Å². The Morgan fingerprint density at radius 3 is 2.19 bits per heavy atom. The van der Waals surface area contributed by atoms with Crippen molar-refractivity contribution < 1.29 is 4.79 Å². The van der Waals surface area contributed by atoms with Crippen LogP contribution in [0.15, 0.2) is 18.2 Å². The van der Waals surface area contributed by atoms with E-state index in [0.29, 0.717) is 5.69 Å². The van der Waals surface area contributed by atoms with Crippen molar-refractivity contribution in [2.24, 2.45) is 0 Å². The third-order valence-electron chi connectivity index (χ3n) is 4.53. The molecule has 0 saturated carbocycles. The molecule has 3 heterocycles. The first-order valence-corrected chi connectivity index (χ1v) is 8.36. The lowest BCUT2D eigenvalue weighted by molar-refractivity contribution is 0.0756. The molecule has 0 bridgehead atoms. The fourth-order valence-corrected chi connectivity index (χ4v) is 3.28. The Balaban J connectivity index is 1.73. The summed E-state index contributed by atoms with van der Waals surface area (Å²) in [5.41, 5.74) is 0.611. The SMILES string of the molecule is O=C(c1cccc(N2CCCCC2)n1)N1CCCCCC1. The van der Waals surface area contributed by atoms with Gasteiger partial charge in [0.15, 0.2) is 0 Å². The van der Waals surface area contributed by atoms with Crippen LogP contribution in [0.2, 0.25) is 0 Å². The van der Waals surface area contributed by atoms with E-state index in [9.17, 15) is 4.79 Å². The van der Waals surface area contributed by atoms with Gasteiger partial charge in [0.2, 0.25) is 0 Å². The summed E-state index contributed by atoms with van der Waals surface area (Å²) in [6.45, 7) is 3.89. The molecule has 1 aromatic heterocycles. The standard InChI is InChI=1S/C17H25N3O/c21-17(20-13-4-1-2-5-14-20)15-9-8-10-16(18-15)19-11-6-3-7-12-19/h8-10H,1-7,11-14H2. The molecule has 1 amide bonds. The van der Waals surface area contributed by atoms with Crippen LogP contribution < -0.4 is 4.90 Å². The van der Waals surface area contributed by atoms with Crippen LogP contribution in [0.4, 0.5) is 5.82 Å². The van der Waals surface area contributed by atoms with Crippen LogP contribution in [-0.2, 0) is 0 Å². The number of nitrogens with zero attached hydrogens (tertiary/aromatic N) is 3. The summed E-state index contributed by atoms with van der Waals surface area (Å²) in [6, 6.07) is 5.87. The van der Waals surface area contributed by atoms with Gasteiger partial charge in [-0.2, -0.15) is 0 Å². The summed E-state index contributed by atoms with van der Waals surface area (Å²) in [7, 11) is 0. The summed E-state index contributed by atoms with van der Waals surface area (Å²) in [6.07, 6.45) is 8.49. The number of rotatable bonds is 2. The molecule has 0 radical (unpaired) electrons. The molecular formula is C17H25N3O. The zero-order chi connectivity index (χ0) is 14.5. The molecule has 0 N–H and O–H groups in total. The number of likely N-dealkylation sites (tertiary alicyclic amines) is 1. The first-order chi connectivity index (χ1) is 10.3. The third-order valence-corrected chi connectivity index (χ3v) is 4.53. The van der Waals surface area contributed by atoms with Gasteiger partial charge in [0, 0.05) is 26.2 Å². The lowest BCUT2D eigenvalue weighted by Crippen LogP contribution is -2.34. The first-order valence-electron chi connectivity index (χ1n) is 8.36. The van der Waals surface area contributed by atoms with Gasteiger partial charge in [0.25, 0.3) is 5.91 Å². The van der Waals surface area contributed by atoms with Gasteiger partial charge >= 0.3 is 0 Å². The molecule has 2 aliphatic heterocycles. The van der Waals surface area contributed by atoms with Crippen LogP contribution in [0.1, 0.15) is 55.4 Å². The minimum atomic E-state index is 0.107. The number of pyridine rings is 1. The van der Waals surface area contributed by atoms with Crippen molar-refractivity contribution in [2.75, 3.05) is 31.1 Å². The number of hydrogen-bond donors (Lipinski definition) is 0. The summed E-state index contributed by atoms with van der Waals surface area (Å²) < 4.78 is 0. The largest absolute Gasteiger partial charge is 0.357 e. The van der Waals surface area contributed by atoms with Gasteiger partial charge < -0.3 is 9.80 Å². The fourth-order valence-electron chi connectivity index (χ4n) is 3.28. The molecule has 3 rings (SSSR count). The fraction of sp³-hybridized carbons (Fsp3) is 0.647. The van der Waals surface area contributed by atoms with E-state index in [0.717, 1.165) is 44.8 Å². The summed E-state index contributed by atoms with van der Waals surface area (Å²) >= 11 is 0. The summed E-state index contributed by atoms with van der Waals surface area (Å²) in [5.74, 6) is 1.08. The van der Waals surface area contributed by atoms with Gasteiger partial charge in [-0.05, 0) is 44.2 Å². The van der Waals surface area contributed by atoms with Crippen molar-refractivity contribution >= 4 is 11.7 Å². The first kappa shape index (κ1) is 14.4. The molecule has 21 heavy (non-hydrogen) atoms. The summed E-state index contributed by atoms with van der Waals surface area (Å²) in [5, 5.41) is 0. The molecule has 0 aromatic carbocycles. The van der Waals surface area contributed by atoms with Gasteiger partial charge in [-0.15, -0.1) is 0 Å². The van der Waals surface area contributed by atoms with Crippen LogP contribution in [-0.4, -0.2) is 42.0 Å². The van der Waals surface area contributed by atoms with E-state index in [-0.39, 0.29) is 5.91 Å². The van der Waals surface area contributed by atoms with Crippen molar-refractivity contribution in [2.45, 2.75) is 44.9 Å². The Morgan fingerprint density at radius 1 is 0.857 bits per heavy atom. The molecule has 0 atom stereocenters. The average Bonchev–Trinajstić information content (AvgIpc) is 2.84. The maximum atomic E-state index is 12.6. The van der Waals surface area contributed by atoms with Crippen molar-refractivity contribution in [3.63, 3.8) is 0 Å². The van der Waals surface area contributed by atoms with Crippen LogP contribution in [0, 0.1) is 0 Å². The van der Waals surface area contributed by atoms with Gasteiger partial charge in [-0.25, -0.2) is 4.98 Å². The minimum Gasteiger partial charge on any atom is -0.357 e. The lowest BCUT2D eigenvalue weighted by atomic mass is 10.1. The zero-order valence-corrected chi connectivity index (χ0v) is 12.8. The van der Waals surface area contributed by atoms with E-state index in [1.165, 1.54) is 32.1 Å². The van der Waals surface area contributed by atoms with Crippen LogP contribution >= 0.6 is 0 Å². The molecule has 0 aliphatic carbocycles. The number of anilines is 1. The van der Waals surface area contributed by atoms with E-state index in [1.54, 1.807) is 0 Å². The molecule has 114 valence electrons. The van der Waals surface area contributed by atoms with Gasteiger partial charge in [-0.1, -0.05) is 18.9 Å². The molecular weight excluding hydrogens is 262 g/mol. The van der Waals surface area contributed by atoms with Crippen LogP contribution in [0.3, 0.4) is 0 Å². The highest BCUT2D eigenvalue weighted by Crippen LogP contribution is 2.19. The number of hydrogen-bond acceptors (Lipinski definition) is 3. The molecule has 0 unspecified atom stereocenters. The third kappa shape index (κ3) is 3.55. The molecule has 2 aliphatic rings. The number of carbonyl (C=O) groups excluding carboxylic acids is 1. The van der Waals surface area contributed by atoms with Gasteiger partial charge in [-0.3, -0.25) is 4.79 Å². The Hall–Kier alpha value is -1.58. The Kier molecular flexibility index (Phi) is 4.73. The zero-order valence-electron chi connectivity index (χ0n) is 12.8. The van der Waals surface area contributed by atoms with Crippen molar-refractivity contribution in [3.8, 4) is 0 Å². The predicted octanol–water partition coefficient (Wildman–Crippen LogP) is 3.09. The maximum Gasteiger partial charge on any atom is 0.272 e. The smallest absolute Gasteiger partial charge is 0.272 e. The normalized spacial score (nSPS) is 20.2. The van der Waals surface area contributed by atoms with Gasteiger partial charge in [0.05, 0.1) is 0 Å². The topological polar surface area (TPSA) is 36.4 Å². The Labute approximate surface area is 127 Å². The Bertz CT molecular complexity index is 475. The van der Waals surface area contributed by atoms with Crippen LogP contribution in [0.25, 0.3) is 0 Å². The number of piperidine rings is 1. The van der Waals surface area contributed by atoms with Crippen molar-refractivity contribution in [3.05, 3.63) is 23.9 Å². The van der Waals surface area contributed by atoms with E-state index >= 15 is 0 Å². The minimum absolute atomic E-state index is 0.107. The molecule has 2 saturated heterocycles. The quantitative estimate of drug-likeness (QED) is 0.838. The molecule has 1 aromatic rings. The summed E-state index contributed by atoms with van der Waals surface area (Å²) in [4.78, 5) is 21.6. The second-order valence-corrected chi connectivity index (χ2v) is 6.14. The van der Waals surface area contributed by atoms with E-state index in [1.807, 2.05) is 23.1 Å². The van der Waals surface area contributed by atoms with Gasteiger partial charge in [0.1, 0.15) is 11.5 Å². The lowest BCUT2D eigenvalue weighted by Gasteiger charge is -2.28. The second kappa shape index (κ2) is 6.92. The number of aromatic nitrogens is 1. The highest BCUT2D eigenvalue weighted by molar-refractivity contribution is 5.92. The predicted molar refractivity (Wildman–Crippen MR) is 84.7 cm³/mol. The van der Waals surface area contributed by atoms with E-state index < -0.39 is 0 Å². The number of amides is 1. The average molecular weight is 287 g/mol. The highest BCUT2D eigenvalue weighted by atomic mass is 16.2. The highest BCUT2D eigenvalue weighted by Gasteiger charge is 2.20. The Morgan fingerprint density at radius 2 is 1.48 bits per heavy atom. The maximum absolute atomic E-state index is 12.6. The second-order valence-electron chi connectivity index (χ2n) is 6.14.